The van der Waals surface area contributed by atoms with Crippen LogP contribution >= 0.6 is 0 Å². The minimum Gasteiger partial charge on any atom is -0.461 e. The lowest BCUT2D eigenvalue weighted by atomic mass is 10.1. The van der Waals surface area contributed by atoms with Crippen LogP contribution in [-0.4, -0.2) is 20.7 Å². The molecule has 3 rings (SSSR count). The van der Waals surface area contributed by atoms with Crippen molar-refractivity contribution in [2.75, 3.05) is 0 Å². The van der Waals surface area contributed by atoms with Gasteiger partial charge in [0.25, 0.3) is 0 Å². The standard InChI is InChI=1S/C12H9N3O2/c1-7(16)10-4-8(5-17-10)11-9-2-3-13-12(9)15-6-14-11/h2-6H,1H3,(H,13,14,15). The number of aromatic nitrogens is 3. The van der Waals surface area contributed by atoms with Crippen LogP contribution in [0.1, 0.15) is 17.5 Å². The molecule has 0 saturated heterocycles. The van der Waals surface area contributed by atoms with Crippen LogP contribution in [0.2, 0.25) is 0 Å². The minimum atomic E-state index is -0.101. The topological polar surface area (TPSA) is 71.8 Å². The lowest BCUT2D eigenvalue weighted by molar-refractivity contribution is 0.0987. The number of H-pyrrole nitrogens is 1. The molecule has 84 valence electrons. The van der Waals surface area contributed by atoms with Gasteiger partial charge in [-0.1, -0.05) is 0 Å². The van der Waals surface area contributed by atoms with Gasteiger partial charge in [-0.25, -0.2) is 9.97 Å². The van der Waals surface area contributed by atoms with Gasteiger partial charge in [-0.3, -0.25) is 4.79 Å². The maximum Gasteiger partial charge on any atom is 0.194 e. The summed E-state index contributed by atoms with van der Waals surface area (Å²) in [5.41, 5.74) is 2.30. The molecule has 0 spiro atoms. The molecule has 5 nitrogen and oxygen atoms in total. The van der Waals surface area contributed by atoms with E-state index in [1.807, 2.05) is 6.07 Å². The number of ketones is 1. The largest absolute Gasteiger partial charge is 0.461 e. The summed E-state index contributed by atoms with van der Waals surface area (Å²) in [6.45, 7) is 1.47. The molecule has 0 unspecified atom stereocenters. The van der Waals surface area contributed by atoms with Crippen molar-refractivity contribution in [1.82, 2.24) is 15.0 Å². The van der Waals surface area contributed by atoms with Gasteiger partial charge in [0.2, 0.25) is 0 Å². The second-order valence-corrected chi connectivity index (χ2v) is 3.72. The highest BCUT2D eigenvalue weighted by molar-refractivity contribution is 5.95. The SMILES string of the molecule is CC(=O)c1cc(-c2ncnc3[nH]ccc23)co1. The van der Waals surface area contributed by atoms with E-state index in [2.05, 4.69) is 15.0 Å². The molecule has 0 aliphatic rings. The second kappa shape index (κ2) is 3.55. The quantitative estimate of drug-likeness (QED) is 0.682. The normalized spacial score (nSPS) is 10.9. The molecule has 0 aliphatic carbocycles. The van der Waals surface area contributed by atoms with Gasteiger partial charge in [-0.15, -0.1) is 0 Å². The van der Waals surface area contributed by atoms with Crippen molar-refractivity contribution in [3.8, 4) is 11.3 Å². The molecule has 0 aliphatic heterocycles. The third-order valence-electron chi connectivity index (χ3n) is 2.57. The number of aromatic amines is 1. The van der Waals surface area contributed by atoms with Crippen LogP contribution < -0.4 is 0 Å². The number of carbonyl (C=O) groups excluding carboxylic acids is 1. The molecule has 0 aromatic carbocycles. The van der Waals surface area contributed by atoms with Gasteiger partial charge in [-0.05, 0) is 12.1 Å². The highest BCUT2D eigenvalue weighted by Crippen LogP contribution is 2.26. The van der Waals surface area contributed by atoms with E-state index in [-0.39, 0.29) is 5.78 Å². The lowest BCUT2D eigenvalue weighted by Gasteiger charge is -1.96. The Morgan fingerprint density at radius 1 is 1.41 bits per heavy atom. The van der Waals surface area contributed by atoms with Crippen molar-refractivity contribution in [2.24, 2.45) is 0 Å². The first-order chi connectivity index (χ1) is 8.25. The highest BCUT2D eigenvalue weighted by Gasteiger charge is 2.12. The molecule has 0 saturated carbocycles. The Balaban J connectivity index is 2.19. The maximum absolute atomic E-state index is 11.2. The molecule has 1 N–H and O–H groups in total. The van der Waals surface area contributed by atoms with E-state index in [0.717, 1.165) is 22.3 Å². The Morgan fingerprint density at radius 3 is 3.06 bits per heavy atom. The fourth-order valence-electron chi connectivity index (χ4n) is 1.75. The molecular weight excluding hydrogens is 218 g/mol. The number of rotatable bonds is 2. The molecule has 3 aromatic heterocycles. The summed E-state index contributed by atoms with van der Waals surface area (Å²) in [5.74, 6) is 0.234. The van der Waals surface area contributed by atoms with E-state index in [1.54, 1.807) is 12.3 Å². The van der Waals surface area contributed by atoms with Gasteiger partial charge in [0, 0.05) is 24.1 Å². The predicted molar refractivity (Wildman–Crippen MR) is 61.6 cm³/mol. The summed E-state index contributed by atoms with van der Waals surface area (Å²) < 4.78 is 5.19. The van der Waals surface area contributed by atoms with Crippen LogP contribution in [0.5, 0.6) is 0 Å². The first-order valence-corrected chi connectivity index (χ1v) is 5.13. The Kier molecular flexibility index (Phi) is 2.04. The summed E-state index contributed by atoms with van der Waals surface area (Å²) in [6, 6.07) is 3.59. The molecule has 0 radical (unpaired) electrons. The molecule has 0 amide bonds. The first-order valence-electron chi connectivity index (χ1n) is 5.13. The van der Waals surface area contributed by atoms with Crippen molar-refractivity contribution in [3.05, 3.63) is 36.7 Å². The second-order valence-electron chi connectivity index (χ2n) is 3.72. The minimum absolute atomic E-state index is 0.101. The van der Waals surface area contributed by atoms with Crippen molar-refractivity contribution in [3.63, 3.8) is 0 Å². The van der Waals surface area contributed by atoms with E-state index in [1.165, 1.54) is 19.5 Å². The highest BCUT2D eigenvalue weighted by atomic mass is 16.3. The monoisotopic (exact) mass is 227 g/mol. The number of fused-ring (bicyclic) bond motifs is 1. The van der Waals surface area contributed by atoms with Crippen LogP contribution in [0.4, 0.5) is 0 Å². The van der Waals surface area contributed by atoms with E-state index in [0.29, 0.717) is 5.76 Å². The van der Waals surface area contributed by atoms with Crippen molar-refractivity contribution >= 4 is 16.8 Å². The third kappa shape index (κ3) is 1.52. The summed E-state index contributed by atoms with van der Waals surface area (Å²) in [7, 11) is 0. The number of carbonyl (C=O) groups is 1. The smallest absolute Gasteiger partial charge is 0.194 e. The molecular formula is C12H9N3O2. The van der Waals surface area contributed by atoms with Crippen LogP contribution in [0.3, 0.4) is 0 Å². The average Bonchev–Trinajstić information content (AvgIpc) is 2.97. The predicted octanol–water partition coefficient (Wildman–Crippen LogP) is 2.42. The Bertz CT molecular complexity index is 696. The van der Waals surface area contributed by atoms with Crippen LogP contribution in [0.25, 0.3) is 22.3 Å². The number of hydrogen-bond acceptors (Lipinski definition) is 4. The van der Waals surface area contributed by atoms with Crippen molar-refractivity contribution in [1.29, 1.82) is 0 Å². The summed E-state index contributed by atoms with van der Waals surface area (Å²) in [4.78, 5) is 22.5. The van der Waals surface area contributed by atoms with Crippen LogP contribution in [-0.2, 0) is 0 Å². The zero-order valence-corrected chi connectivity index (χ0v) is 9.10. The van der Waals surface area contributed by atoms with Gasteiger partial charge in [0.15, 0.2) is 11.5 Å². The molecule has 0 fully saturated rings. The third-order valence-corrected chi connectivity index (χ3v) is 2.57. The molecule has 3 aromatic rings. The van der Waals surface area contributed by atoms with Gasteiger partial charge in [-0.2, -0.15) is 0 Å². The number of nitrogens with zero attached hydrogens (tertiary/aromatic N) is 2. The fourth-order valence-corrected chi connectivity index (χ4v) is 1.75. The van der Waals surface area contributed by atoms with Crippen LogP contribution in [0.15, 0.2) is 35.3 Å². The Hall–Kier alpha value is -2.43. The zero-order chi connectivity index (χ0) is 11.8. The lowest BCUT2D eigenvalue weighted by Crippen LogP contribution is -1.87. The van der Waals surface area contributed by atoms with Crippen molar-refractivity contribution < 1.29 is 9.21 Å². The van der Waals surface area contributed by atoms with E-state index < -0.39 is 0 Å². The zero-order valence-electron chi connectivity index (χ0n) is 9.10. The average molecular weight is 227 g/mol. The molecule has 17 heavy (non-hydrogen) atoms. The van der Waals surface area contributed by atoms with Gasteiger partial charge in [0.1, 0.15) is 18.2 Å². The first kappa shape index (κ1) is 9.77. The summed E-state index contributed by atoms with van der Waals surface area (Å²) in [6.07, 6.45) is 4.81. The van der Waals surface area contributed by atoms with E-state index >= 15 is 0 Å². The van der Waals surface area contributed by atoms with Gasteiger partial charge in [0.05, 0.1) is 5.69 Å². The number of furan rings is 1. The van der Waals surface area contributed by atoms with Crippen LogP contribution in [0, 0.1) is 0 Å². The van der Waals surface area contributed by atoms with Gasteiger partial charge >= 0.3 is 0 Å². The number of nitrogens with one attached hydrogen (secondary N) is 1. The number of Topliss-reactive ketones (excluding diaryl/α,β-unsaturated/α-hetero) is 1. The summed E-state index contributed by atoms with van der Waals surface area (Å²) in [5, 5.41) is 0.906. The Morgan fingerprint density at radius 2 is 2.29 bits per heavy atom. The molecule has 0 atom stereocenters. The summed E-state index contributed by atoms with van der Waals surface area (Å²) >= 11 is 0. The maximum atomic E-state index is 11.2. The van der Waals surface area contributed by atoms with Gasteiger partial charge < -0.3 is 9.40 Å². The van der Waals surface area contributed by atoms with Crippen molar-refractivity contribution in [2.45, 2.75) is 6.92 Å². The molecule has 0 bridgehead atoms. The van der Waals surface area contributed by atoms with E-state index in [4.69, 9.17) is 4.42 Å². The molecule has 3 heterocycles. The van der Waals surface area contributed by atoms with E-state index in [9.17, 15) is 4.79 Å². The Labute approximate surface area is 96.5 Å². The fraction of sp³-hybridized carbons (Fsp3) is 0.0833. The number of hydrogen-bond donors (Lipinski definition) is 1. The molecule has 5 heteroatoms.